The van der Waals surface area contributed by atoms with Crippen molar-refractivity contribution in [2.24, 2.45) is 5.73 Å². The summed E-state index contributed by atoms with van der Waals surface area (Å²) in [6.07, 6.45) is 8.22. The Morgan fingerprint density at radius 2 is 2.17 bits per heavy atom. The largest absolute Gasteiger partial charge is 0.472 e. The average Bonchev–Trinajstić information content (AvgIpc) is 2.93. The third-order valence-corrected chi connectivity index (χ3v) is 4.00. The molecule has 18 heavy (non-hydrogen) atoms. The average molecular weight is 241 g/mol. The van der Waals surface area contributed by atoms with Crippen LogP contribution in [0.25, 0.3) is 0 Å². The minimum absolute atomic E-state index is 0.0832. The summed E-state index contributed by atoms with van der Waals surface area (Å²) in [6.45, 7) is 0. The molecule has 2 N–H and O–H groups in total. The molecule has 0 aliphatic heterocycles. The topological polar surface area (TPSA) is 39.2 Å². The second-order valence-corrected chi connectivity index (χ2v) is 5.19. The lowest BCUT2D eigenvalue weighted by molar-refractivity contribution is 0.472. The maximum Gasteiger partial charge on any atom is 0.0950 e. The number of aryl methyl sites for hydroxylation is 1. The van der Waals surface area contributed by atoms with Crippen LogP contribution in [0.3, 0.4) is 0 Å². The van der Waals surface area contributed by atoms with Gasteiger partial charge in [-0.25, -0.2) is 0 Å². The van der Waals surface area contributed by atoms with E-state index in [0.29, 0.717) is 5.92 Å². The molecule has 0 saturated carbocycles. The van der Waals surface area contributed by atoms with E-state index in [0.717, 1.165) is 12.0 Å². The predicted octanol–water partition coefficient (Wildman–Crippen LogP) is 3.79. The lowest BCUT2D eigenvalue weighted by Gasteiger charge is -2.27. The van der Waals surface area contributed by atoms with Crippen molar-refractivity contribution in [1.82, 2.24) is 0 Å². The molecule has 0 saturated heterocycles. The van der Waals surface area contributed by atoms with Gasteiger partial charge < -0.3 is 10.2 Å². The monoisotopic (exact) mass is 241 g/mol. The van der Waals surface area contributed by atoms with E-state index in [9.17, 15) is 0 Å². The molecular weight excluding hydrogens is 222 g/mol. The van der Waals surface area contributed by atoms with E-state index in [4.69, 9.17) is 10.2 Å². The maximum absolute atomic E-state index is 6.27. The second kappa shape index (κ2) is 4.99. The Kier molecular flexibility index (Phi) is 3.20. The van der Waals surface area contributed by atoms with Gasteiger partial charge in [0, 0.05) is 11.6 Å². The normalized spacial score (nSPS) is 20.4. The van der Waals surface area contributed by atoms with E-state index in [2.05, 4.69) is 24.3 Å². The van der Waals surface area contributed by atoms with Gasteiger partial charge in [-0.3, -0.25) is 0 Å². The van der Waals surface area contributed by atoms with Gasteiger partial charge in [-0.05, 0) is 48.8 Å². The Morgan fingerprint density at radius 3 is 3.00 bits per heavy atom. The van der Waals surface area contributed by atoms with Gasteiger partial charge in [-0.2, -0.15) is 0 Å². The lowest BCUT2D eigenvalue weighted by atomic mass is 9.79. The van der Waals surface area contributed by atoms with Crippen molar-refractivity contribution in [3.8, 4) is 0 Å². The van der Waals surface area contributed by atoms with Crippen LogP contribution in [0.5, 0.6) is 0 Å². The molecule has 3 rings (SSSR count). The van der Waals surface area contributed by atoms with Crippen molar-refractivity contribution in [2.75, 3.05) is 0 Å². The van der Waals surface area contributed by atoms with Gasteiger partial charge in [0.05, 0.1) is 12.5 Å². The fourth-order valence-electron chi connectivity index (χ4n) is 3.03. The van der Waals surface area contributed by atoms with Crippen LogP contribution in [0.4, 0.5) is 0 Å². The van der Waals surface area contributed by atoms with Gasteiger partial charge in [0.25, 0.3) is 0 Å². The molecule has 2 aromatic rings. The van der Waals surface area contributed by atoms with Gasteiger partial charge in [0.2, 0.25) is 0 Å². The van der Waals surface area contributed by atoms with E-state index in [1.807, 2.05) is 6.07 Å². The van der Waals surface area contributed by atoms with E-state index in [1.165, 1.54) is 30.4 Å². The van der Waals surface area contributed by atoms with E-state index < -0.39 is 0 Å². The first-order chi connectivity index (χ1) is 8.84. The first-order valence-electron chi connectivity index (χ1n) is 6.70. The van der Waals surface area contributed by atoms with Crippen LogP contribution in [-0.4, -0.2) is 0 Å². The highest BCUT2D eigenvalue weighted by atomic mass is 16.3. The summed E-state index contributed by atoms with van der Waals surface area (Å²) in [5.41, 5.74) is 10.4. The van der Waals surface area contributed by atoms with Crippen molar-refractivity contribution in [3.05, 3.63) is 59.5 Å². The smallest absolute Gasteiger partial charge is 0.0950 e. The van der Waals surface area contributed by atoms with Crippen molar-refractivity contribution in [2.45, 2.75) is 37.6 Å². The molecule has 0 spiro atoms. The van der Waals surface area contributed by atoms with E-state index >= 15 is 0 Å². The highest BCUT2D eigenvalue weighted by molar-refractivity contribution is 5.33. The van der Waals surface area contributed by atoms with E-state index in [-0.39, 0.29) is 6.04 Å². The molecule has 2 unspecified atom stereocenters. The minimum Gasteiger partial charge on any atom is -0.472 e. The molecule has 0 amide bonds. The summed E-state index contributed by atoms with van der Waals surface area (Å²) >= 11 is 0. The van der Waals surface area contributed by atoms with Crippen LogP contribution in [0, 0.1) is 0 Å². The molecule has 2 nitrogen and oxygen atoms in total. The summed E-state index contributed by atoms with van der Waals surface area (Å²) in [5, 5.41) is 0. The van der Waals surface area contributed by atoms with Gasteiger partial charge in [0.1, 0.15) is 0 Å². The third-order valence-electron chi connectivity index (χ3n) is 4.00. The molecule has 1 aromatic carbocycles. The summed E-state index contributed by atoms with van der Waals surface area (Å²) in [4.78, 5) is 0. The number of hydrogen-bond acceptors (Lipinski definition) is 2. The molecule has 1 aromatic heterocycles. The Balaban J connectivity index is 1.78. The summed E-state index contributed by atoms with van der Waals surface area (Å²) < 4.78 is 5.11. The third kappa shape index (κ3) is 2.21. The number of benzene rings is 1. The molecule has 0 fully saturated rings. The first-order valence-corrected chi connectivity index (χ1v) is 6.70. The number of rotatable bonds is 3. The quantitative estimate of drug-likeness (QED) is 0.888. The van der Waals surface area contributed by atoms with Crippen LogP contribution < -0.4 is 5.73 Å². The van der Waals surface area contributed by atoms with Crippen molar-refractivity contribution in [3.63, 3.8) is 0 Å². The first kappa shape index (κ1) is 11.5. The van der Waals surface area contributed by atoms with Gasteiger partial charge in [-0.15, -0.1) is 0 Å². The Labute approximate surface area is 108 Å². The standard InChI is InChI=1S/C16H19NO/c17-16(14-8-9-18-11-14)10-13-6-3-5-12-4-1-2-7-15(12)13/h1-2,4,7-9,11,13,16H,3,5-6,10,17H2. The van der Waals surface area contributed by atoms with Crippen LogP contribution in [0.1, 0.15) is 47.9 Å². The maximum atomic E-state index is 6.27. The summed E-state index contributed by atoms with van der Waals surface area (Å²) in [5.74, 6) is 0.597. The van der Waals surface area contributed by atoms with Crippen LogP contribution in [0.2, 0.25) is 0 Å². The molecule has 1 aliphatic rings. The van der Waals surface area contributed by atoms with Crippen molar-refractivity contribution < 1.29 is 4.42 Å². The highest BCUT2D eigenvalue weighted by Gasteiger charge is 2.22. The second-order valence-electron chi connectivity index (χ2n) is 5.19. The molecule has 0 bridgehead atoms. The molecule has 2 heteroatoms. The van der Waals surface area contributed by atoms with Crippen molar-refractivity contribution >= 4 is 0 Å². The van der Waals surface area contributed by atoms with E-state index in [1.54, 1.807) is 12.5 Å². The van der Waals surface area contributed by atoms with Gasteiger partial charge >= 0.3 is 0 Å². The molecule has 1 heterocycles. The number of furan rings is 1. The van der Waals surface area contributed by atoms with Gasteiger partial charge in [-0.1, -0.05) is 24.3 Å². The van der Waals surface area contributed by atoms with Crippen molar-refractivity contribution in [1.29, 1.82) is 0 Å². The van der Waals surface area contributed by atoms with Crippen LogP contribution >= 0.6 is 0 Å². The van der Waals surface area contributed by atoms with Gasteiger partial charge in [0.15, 0.2) is 0 Å². The zero-order chi connectivity index (χ0) is 12.4. The Morgan fingerprint density at radius 1 is 1.28 bits per heavy atom. The minimum atomic E-state index is 0.0832. The predicted molar refractivity (Wildman–Crippen MR) is 72.4 cm³/mol. The molecule has 2 atom stereocenters. The zero-order valence-corrected chi connectivity index (χ0v) is 10.5. The molecule has 1 aliphatic carbocycles. The fraction of sp³-hybridized carbons (Fsp3) is 0.375. The Bertz CT molecular complexity index is 504. The van der Waals surface area contributed by atoms with Crippen LogP contribution in [-0.2, 0) is 6.42 Å². The highest BCUT2D eigenvalue weighted by Crippen LogP contribution is 2.36. The zero-order valence-electron chi connectivity index (χ0n) is 10.5. The number of hydrogen-bond donors (Lipinski definition) is 1. The fourth-order valence-corrected chi connectivity index (χ4v) is 3.03. The number of fused-ring (bicyclic) bond motifs is 1. The summed E-state index contributed by atoms with van der Waals surface area (Å²) in [7, 11) is 0. The SMILES string of the molecule is NC(CC1CCCc2ccccc21)c1ccoc1. The Hall–Kier alpha value is -1.54. The molecule has 94 valence electrons. The number of nitrogens with two attached hydrogens (primary N) is 1. The summed E-state index contributed by atoms with van der Waals surface area (Å²) in [6, 6.07) is 10.9. The lowest BCUT2D eigenvalue weighted by Crippen LogP contribution is -2.17. The molecular formula is C16H19NO. The molecule has 0 radical (unpaired) electrons. The van der Waals surface area contributed by atoms with Crippen LogP contribution in [0.15, 0.2) is 47.3 Å².